The third-order valence-corrected chi connectivity index (χ3v) is 6.84. The lowest BCUT2D eigenvalue weighted by molar-refractivity contribution is -0.147. The van der Waals surface area contributed by atoms with Crippen molar-refractivity contribution >= 4 is 29.1 Å². The van der Waals surface area contributed by atoms with E-state index in [2.05, 4.69) is 10.3 Å². The number of alkyl halides is 6. The van der Waals surface area contributed by atoms with Gasteiger partial charge in [-0.05, 0) is 31.9 Å². The van der Waals surface area contributed by atoms with Gasteiger partial charge in [-0.2, -0.15) is 26.3 Å². The summed E-state index contributed by atoms with van der Waals surface area (Å²) in [4.78, 5) is 45.1. The Morgan fingerprint density at radius 2 is 1.48 bits per heavy atom. The number of fused-ring (bicyclic) bond motifs is 1. The van der Waals surface area contributed by atoms with E-state index in [-0.39, 0.29) is 17.1 Å². The van der Waals surface area contributed by atoms with Gasteiger partial charge in [0, 0.05) is 24.0 Å². The predicted molar refractivity (Wildman–Crippen MR) is 132 cm³/mol. The number of hydrogen-bond acceptors (Lipinski definition) is 5. The number of benzene rings is 2. The van der Waals surface area contributed by atoms with Gasteiger partial charge in [-0.25, -0.2) is 9.89 Å². The molecule has 0 spiro atoms. The van der Waals surface area contributed by atoms with Crippen LogP contribution in [0.5, 0.6) is 5.75 Å². The first kappa shape index (κ1) is 29.1. The molecule has 0 unspecified atom stereocenters. The number of ether oxygens (including phenoxy) is 1. The molecule has 1 fully saturated rings. The highest BCUT2D eigenvalue weighted by atomic mass is 19.4. The fourth-order valence-electron chi connectivity index (χ4n) is 5.00. The van der Waals surface area contributed by atoms with Gasteiger partial charge in [-0.3, -0.25) is 14.4 Å². The molecule has 2 aromatic carbocycles. The minimum atomic E-state index is -4.71. The molecule has 0 bridgehead atoms. The molecule has 40 heavy (non-hydrogen) atoms. The smallest absolute Gasteiger partial charge is 0.389 e. The molecular weight excluding hydrogens is 544 g/mol. The van der Waals surface area contributed by atoms with Gasteiger partial charge < -0.3 is 10.1 Å². The van der Waals surface area contributed by atoms with E-state index in [0.717, 1.165) is 5.56 Å². The van der Waals surface area contributed by atoms with E-state index < -0.39 is 73.8 Å². The van der Waals surface area contributed by atoms with E-state index >= 15 is 0 Å². The lowest BCUT2D eigenvalue weighted by atomic mass is 9.87. The monoisotopic (exact) mass is 569 g/mol. The van der Waals surface area contributed by atoms with Crippen molar-refractivity contribution in [3.63, 3.8) is 0 Å². The Morgan fingerprint density at radius 3 is 2.00 bits per heavy atom. The van der Waals surface area contributed by atoms with Crippen LogP contribution in [0.15, 0.2) is 47.5 Å². The molecule has 2 heterocycles. The third kappa shape index (κ3) is 6.13. The van der Waals surface area contributed by atoms with Crippen molar-refractivity contribution in [2.75, 3.05) is 12.4 Å². The summed E-state index contributed by atoms with van der Waals surface area (Å²) in [6.07, 6.45) is -16.1. The molecule has 3 atom stereocenters. The van der Waals surface area contributed by atoms with Gasteiger partial charge in [0.15, 0.2) is 0 Å². The van der Waals surface area contributed by atoms with Gasteiger partial charge in [0.1, 0.15) is 5.75 Å². The third-order valence-electron chi connectivity index (χ3n) is 6.84. The maximum atomic E-state index is 13.4. The topological polar surface area (TPSA) is 88.1 Å². The van der Waals surface area contributed by atoms with Crippen molar-refractivity contribution < 1.29 is 45.5 Å². The van der Waals surface area contributed by atoms with Crippen LogP contribution in [-0.2, 0) is 14.4 Å². The number of carbonyl (C=O) groups is 3. The molecule has 0 aliphatic carbocycles. The fraction of sp³-hybridized carbons (Fsp3) is 0.407. The summed E-state index contributed by atoms with van der Waals surface area (Å²) in [7, 11) is 1.36. The summed E-state index contributed by atoms with van der Waals surface area (Å²) in [5.74, 6) is -6.47. The van der Waals surface area contributed by atoms with Crippen LogP contribution in [0.1, 0.15) is 42.4 Å². The van der Waals surface area contributed by atoms with Gasteiger partial charge in [-0.1, -0.05) is 35.9 Å². The van der Waals surface area contributed by atoms with Crippen LogP contribution in [0.3, 0.4) is 0 Å². The van der Waals surface area contributed by atoms with Crippen LogP contribution >= 0.6 is 0 Å². The summed E-state index contributed by atoms with van der Waals surface area (Å²) in [5.41, 5.74) is 2.04. The molecule has 0 saturated carbocycles. The number of methoxy groups -OCH3 is 1. The van der Waals surface area contributed by atoms with Crippen molar-refractivity contribution in [1.82, 2.24) is 4.90 Å². The first-order valence-electron chi connectivity index (χ1n) is 12.3. The molecule has 3 amide bonds. The molecule has 1 N–H and O–H groups in total. The molecule has 2 aliphatic heterocycles. The van der Waals surface area contributed by atoms with Crippen LogP contribution in [-0.4, -0.2) is 54.0 Å². The summed E-state index contributed by atoms with van der Waals surface area (Å²) in [6, 6.07) is 11.7. The van der Waals surface area contributed by atoms with Crippen LogP contribution in [0.25, 0.3) is 0 Å². The van der Waals surface area contributed by atoms with Gasteiger partial charge >= 0.3 is 12.4 Å². The highest BCUT2D eigenvalue weighted by Gasteiger charge is 2.53. The summed E-state index contributed by atoms with van der Waals surface area (Å²) >= 11 is 0. The fourth-order valence-corrected chi connectivity index (χ4v) is 5.00. The number of anilines is 1. The largest absolute Gasteiger partial charge is 0.495 e. The molecule has 2 aliphatic rings. The molecule has 0 aromatic heterocycles. The second-order valence-corrected chi connectivity index (χ2v) is 9.66. The van der Waals surface area contributed by atoms with E-state index in [1.807, 2.05) is 0 Å². The molecule has 7 nitrogen and oxygen atoms in total. The van der Waals surface area contributed by atoms with Crippen molar-refractivity contribution in [2.45, 2.75) is 51.1 Å². The van der Waals surface area contributed by atoms with Crippen molar-refractivity contribution in [3.8, 4) is 5.75 Å². The minimum Gasteiger partial charge on any atom is -0.495 e. The van der Waals surface area contributed by atoms with Crippen LogP contribution in [0.2, 0.25) is 0 Å². The zero-order chi connectivity index (χ0) is 29.4. The molecule has 13 heteroatoms. The number of nitrogens with zero attached hydrogens (tertiary/aromatic N) is 2. The van der Waals surface area contributed by atoms with Crippen LogP contribution in [0, 0.1) is 18.8 Å². The Kier molecular flexibility index (Phi) is 7.95. The quantitative estimate of drug-likeness (QED) is 0.357. The first-order chi connectivity index (χ1) is 18.7. The summed E-state index contributed by atoms with van der Waals surface area (Å²) in [5, 5.41) is 2.58. The molecule has 214 valence electrons. The number of likely N-dealkylation sites (tertiary alicyclic amines) is 1. The normalized spacial score (nSPS) is 21.6. The Bertz CT molecular complexity index is 1320. The summed E-state index contributed by atoms with van der Waals surface area (Å²) in [6.45, 7) is 1.80. The number of halogens is 6. The average molecular weight is 570 g/mol. The van der Waals surface area contributed by atoms with Crippen molar-refractivity contribution in [1.29, 1.82) is 0 Å². The maximum absolute atomic E-state index is 13.4. The predicted octanol–water partition coefficient (Wildman–Crippen LogP) is 5.41. The number of aliphatic imine (C=N–C) groups is 1. The highest BCUT2D eigenvalue weighted by molar-refractivity contribution is 6.21. The van der Waals surface area contributed by atoms with E-state index in [1.54, 1.807) is 49.4 Å². The Hall–Kier alpha value is -3.90. The zero-order valence-corrected chi connectivity index (χ0v) is 21.4. The van der Waals surface area contributed by atoms with Gasteiger partial charge in [0.2, 0.25) is 18.0 Å². The second kappa shape index (κ2) is 10.9. The Morgan fingerprint density at radius 1 is 0.900 bits per heavy atom. The number of benzodiazepines with no additional fused rings is 1. The second-order valence-electron chi connectivity index (χ2n) is 9.66. The number of hydrogen-bond donors (Lipinski definition) is 1. The van der Waals surface area contributed by atoms with E-state index in [4.69, 9.17) is 4.74 Å². The van der Waals surface area contributed by atoms with Crippen LogP contribution < -0.4 is 10.1 Å². The molecular formula is C27H25F6N3O4. The average Bonchev–Trinajstić information content (AvgIpc) is 2.99. The standard InChI is InChI=1S/C27H25F6N3O4/c1-14-5-3-6-15(13-14)20-18-7-4-8-19(40-2)21(18)35-23(37)22(34-20)36-24(38)16(9-11-26(28,29)30)17(25(36)39)10-12-27(31,32)33/h3-8,13,16-17,22H,9-12H2,1-2H3,(H,35,37)/t16-,17+,22-/m0/s1. The maximum Gasteiger partial charge on any atom is 0.389 e. The minimum absolute atomic E-state index is 0.173. The van der Waals surface area contributed by atoms with Gasteiger partial charge in [0.05, 0.1) is 30.3 Å². The number of rotatable bonds is 7. The van der Waals surface area contributed by atoms with Crippen molar-refractivity contribution in [3.05, 3.63) is 59.2 Å². The first-order valence-corrected chi connectivity index (χ1v) is 12.3. The molecule has 1 saturated heterocycles. The number of para-hydroxylation sites is 1. The zero-order valence-electron chi connectivity index (χ0n) is 21.4. The van der Waals surface area contributed by atoms with Gasteiger partial charge in [-0.15, -0.1) is 0 Å². The highest BCUT2D eigenvalue weighted by Crippen LogP contribution is 2.40. The van der Waals surface area contributed by atoms with E-state index in [9.17, 15) is 40.7 Å². The molecule has 0 radical (unpaired) electrons. The lowest BCUT2D eigenvalue weighted by Gasteiger charge is -2.22. The van der Waals surface area contributed by atoms with Crippen molar-refractivity contribution in [2.24, 2.45) is 16.8 Å². The number of amides is 3. The van der Waals surface area contributed by atoms with E-state index in [1.165, 1.54) is 7.11 Å². The SMILES string of the molecule is COc1cccc2c1NC(=O)[C@H](N1C(=O)[C@@H](CCC(F)(F)F)[C@@H](CCC(F)(F)F)C1=O)N=C2c1cccc(C)c1. The number of aryl methyl sites for hydroxylation is 1. The number of imide groups is 1. The number of carbonyl (C=O) groups excluding carboxylic acids is 3. The lowest BCUT2D eigenvalue weighted by Crippen LogP contribution is -2.46. The van der Waals surface area contributed by atoms with Crippen LogP contribution in [0.4, 0.5) is 32.0 Å². The molecule has 2 aromatic rings. The summed E-state index contributed by atoms with van der Waals surface area (Å²) < 4.78 is 83.4. The Labute approximate surface area is 225 Å². The van der Waals surface area contributed by atoms with E-state index in [0.29, 0.717) is 16.0 Å². The molecule has 4 rings (SSSR count). The Balaban J connectivity index is 1.81. The van der Waals surface area contributed by atoms with Gasteiger partial charge in [0.25, 0.3) is 5.91 Å². The number of nitrogens with one attached hydrogen (secondary N) is 1.